The van der Waals surface area contributed by atoms with E-state index < -0.39 is 0 Å². The Hall–Kier alpha value is -1.91. The minimum absolute atomic E-state index is 0.0970. The van der Waals surface area contributed by atoms with E-state index in [1.807, 2.05) is 18.7 Å². The van der Waals surface area contributed by atoms with Crippen LogP contribution in [0.3, 0.4) is 0 Å². The molecule has 0 saturated carbocycles. The van der Waals surface area contributed by atoms with Crippen LogP contribution < -0.4 is 0 Å². The van der Waals surface area contributed by atoms with Gasteiger partial charge in [0.15, 0.2) is 0 Å². The molecular formula is C17H22FN3O. The fourth-order valence-corrected chi connectivity index (χ4v) is 3.14. The molecule has 0 aliphatic carbocycles. The number of nitrogens with zero attached hydrogens (tertiary/aromatic N) is 3. The van der Waals surface area contributed by atoms with Gasteiger partial charge < -0.3 is 9.47 Å². The number of imidazole rings is 1. The fraction of sp³-hybridized carbons (Fsp3) is 0.529. The summed E-state index contributed by atoms with van der Waals surface area (Å²) in [5, 5.41) is 0. The summed E-state index contributed by atoms with van der Waals surface area (Å²) in [6, 6.07) is 4.97. The lowest BCUT2D eigenvalue weighted by Crippen LogP contribution is -2.41. The third-order valence-electron chi connectivity index (χ3n) is 4.74. The van der Waals surface area contributed by atoms with Crippen molar-refractivity contribution in [3.8, 4) is 0 Å². The van der Waals surface area contributed by atoms with Crippen molar-refractivity contribution in [3.63, 3.8) is 0 Å². The minimum Gasteiger partial charge on any atom is -0.342 e. The van der Waals surface area contributed by atoms with E-state index in [4.69, 9.17) is 0 Å². The summed E-state index contributed by atoms with van der Waals surface area (Å²) in [6.45, 7) is 5.56. The lowest BCUT2D eigenvalue weighted by atomic mass is 10.0. The summed E-state index contributed by atoms with van der Waals surface area (Å²) in [4.78, 5) is 18.5. The highest BCUT2D eigenvalue weighted by Crippen LogP contribution is 2.27. The lowest BCUT2D eigenvalue weighted by Gasteiger charge is -2.34. The van der Waals surface area contributed by atoms with Crippen LogP contribution in [0.15, 0.2) is 24.5 Å². The smallest absolute Gasteiger partial charge is 0.225 e. The summed E-state index contributed by atoms with van der Waals surface area (Å²) in [5.41, 5.74) is 1.66. The van der Waals surface area contributed by atoms with Crippen LogP contribution in [-0.4, -0.2) is 33.4 Å². The molecule has 5 heteroatoms. The number of aromatic nitrogens is 2. The summed E-state index contributed by atoms with van der Waals surface area (Å²) in [5.74, 6) is 0.112. The number of carbonyl (C=O) groups excluding carboxylic acids is 1. The Bertz CT molecular complexity index is 674. The molecule has 22 heavy (non-hydrogen) atoms. The van der Waals surface area contributed by atoms with E-state index in [0.29, 0.717) is 0 Å². The highest BCUT2D eigenvalue weighted by atomic mass is 19.1. The summed E-state index contributed by atoms with van der Waals surface area (Å²) in [6.07, 6.45) is 4.46. The molecule has 1 aliphatic rings. The zero-order chi connectivity index (χ0) is 15.7. The number of halogens is 1. The van der Waals surface area contributed by atoms with Gasteiger partial charge in [-0.1, -0.05) is 13.8 Å². The van der Waals surface area contributed by atoms with E-state index in [-0.39, 0.29) is 23.7 Å². The van der Waals surface area contributed by atoms with Crippen molar-refractivity contribution in [1.29, 1.82) is 0 Å². The Morgan fingerprint density at radius 1 is 1.41 bits per heavy atom. The van der Waals surface area contributed by atoms with E-state index in [9.17, 15) is 9.18 Å². The second-order valence-corrected chi connectivity index (χ2v) is 6.15. The van der Waals surface area contributed by atoms with Crippen LogP contribution in [-0.2, 0) is 4.79 Å². The second kappa shape index (κ2) is 6.07. The largest absolute Gasteiger partial charge is 0.342 e. The minimum atomic E-state index is -0.237. The van der Waals surface area contributed by atoms with Crippen LogP contribution in [0.25, 0.3) is 11.0 Å². The Morgan fingerprint density at radius 2 is 2.14 bits per heavy atom. The van der Waals surface area contributed by atoms with Crippen molar-refractivity contribution >= 4 is 16.9 Å². The normalized spacial score (nSPS) is 17.9. The zero-order valence-electron chi connectivity index (χ0n) is 13.1. The predicted octanol–water partition coefficient (Wildman–Crippen LogP) is 3.39. The van der Waals surface area contributed by atoms with Gasteiger partial charge >= 0.3 is 0 Å². The van der Waals surface area contributed by atoms with Gasteiger partial charge in [-0.3, -0.25) is 4.79 Å². The van der Waals surface area contributed by atoms with Crippen molar-refractivity contribution in [2.24, 2.45) is 5.92 Å². The monoisotopic (exact) mass is 303 g/mol. The first-order valence-corrected chi connectivity index (χ1v) is 8.01. The van der Waals surface area contributed by atoms with Crippen molar-refractivity contribution < 1.29 is 9.18 Å². The van der Waals surface area contributed by atoms with Crippen molar-refractivity contribution in [1.82, 2.24) is 14.5 Å². The molecule has 1 aliphatic heterocycles. The maximum atomic E-state index is 13.5. The molecule has 0 spiro atoms. The Labute approximate surface area is 129 Å². The molecule has 1 atom stereocenters. The highest BCUT2D eigenvalue weighted by Gasteiger charge is 2.26. The summed E-state index contributed by atoms with van der Waals surface area (Å²) in [7, 11) is 0. The molecule has 1 fully saturated rings. The van der Waals surface area contributed by atoms with Crippen LogP contribution >= 0.6 is 0 Å². The third kappa shape index (κ3) is 2.72. The molecule has 1 unspecified atom stereocenters. The summed E-state index contributed by atoms with van der Waals surface area (Å²) >= 11 is 0. The zero-order valence-corrected chi connectivity index (χ0v) is 13.1. The second-order valence-electron chi connectivity index (χ2n) is 6.15. The van der Waals surface area contributed by atoms with E-state index in [0.717, 1.165) is 43.4 Å². The fourth-order valence-electron chi connectivity index (χ4n) is 3.14. The van der Waals surface area contributed by atoms with Gasteiger partial charge in [0, 0.05) is 25.0 Å². The molecule has 0 bridgehead atoms. The molecule has 3 rings (SSSR count). The first kappa shape index (κ1) is 15.0. The molecule has 1 amide bonds. The number of carbonyl (C=O) groups is 1. The van der Waals surface area contributed by atoms with Gasteiger partial charge in [0.05, 0.1) is 17.4 Å². The van der Waals surface area contributed by atoms with Crippen molar-refractivity contribution in [2.45, 2.75) is 39.2 Å². The molecule has 1 aromatic carbocycles. The molecule has 118 valence electrons. The van der Waals surface area contributed by atoms with Gasteiger partial charge in [-0.25, -0.2) is 9.37 Å². The number of hydrogen-bond acceptors (Lipinski definition) is 2. The lowest BCUT2D eigenvalue weighted by molar-refractivity contribution is -0.136. The van der Waals surface area contributed by atoms with E-state index in [2.05, 4.69) is 9.55 Å². The van der Waals surface area contributed by atoms with Crippen LogP contribution in [0.2, 0.25) is 0 Å². The first-order chi connectivity index (χ1) is 10.6. The third-order valence-corrected chi connectivity index (χ3v) is 4.74. The Kier molecular flexibility index (Phi) is 4.14. The molecule has 4 nitrogen and oxygen atoms in total. The SMILES string of the molecule is CCC(C)C(=O)N1CCC(n2cnc3ccc(F)cc32)CC1. The first-order valence-electron chi connectivity index (χ1n) is 8.01. The van der Waals surface area contributed by atoms with Crippen LogP contribution in [0.1, 0.15) is 39.2 Å². The van der Waals surface area contributed by atoms with Gasteiger partial charge in [-0.2, -0.15) is 0 Å². The Balaban J connectivity index is 1.73. The quantitative estimate of drug-likeness (QED) is 0.872. The average Bonchev–Trinajstić information content (AvgIpc) is 2.96. The van der Waals surface area contributed by atoms with E-state index in [1.54, 1.807) is 18.5 Å². The van der Waals surface area contributed by atoms with Gasteiger partial charge in [0.25, 0.3) is 0 Å². The average molecular weight is 303 g/mol. The molecule has 0 radical (unpaired) electrons. The molecule has 1 saturated heterocycles. The maximum absolute atomic E-state index is 13.5. The van der Waals surface area contributed by atoms with Gasteiger partial charge in [0.2, 0.25) is 5.91 Å². The predicted molar refractivity (Wildman–Crippen MR) is 84.0 cm³/mol. The van der Waals surface area contributed by atoms with E-state index in [1.165, 1.54) is 6.07 Å². The number of hydrogen-bond donors (Lipinski definition) is 0. The molecule has 1 aromatic heterocycles. The number of amides is 1. The Morgan fingerprint density at radius 3 is 2.82 bits per heavy atom. The number of likely N-dealkylation sites (tertiary alicyclic amines) is 1. The van der Waals surface area contributed by atoms with Gasteiger partial charge in [-0.05, 0) is 37.5 Å². The van der Waals surface area contributed by atoms with E-state index >= 15 is 0 Å². The number of benzene rings is 1. The van der Waals surface area contributed by atoms with Crippen LogP contribution in [0, 0.1) is 11.7 Å². The molecule has 2 heterocycles. The molecule has 2 aromatic rings. The van der Waals surface area contributed by atoms with Gasteiger partial charge in [0.1, 0.15) is 5.82 Å². The summed E-state index contributed by atoms with van der Waals surface area (Å²) < 4.78 is 15.5. The topological polar surface area (TPSA) is 38.1 Å². The molecular weight excluding hydrogens is 281 g/mol. The number of rotatable bonds is 3. The van der Waals surface area contributed by atoms with Crippen molar-refractivity contribution in [2.75, 3.05) is 13.1 Å². The van der Waals surface area contributed by atoms with Crippen LogP contribution in [0.5, 0.6) is 0 Å². The number of piperidine rings is 1. The number of fused-ring (bicyclic) bond motifs is 1. The van der Waals surface area contributed by atoms with Crippen molar-refractivity contribution in [3.05, 3.63) is 30.3 Å². The highest BCUT2D eigenvalue weighted by molar-refractivity contribution is 5.78. The van der Waals surface area contributed by atoms with Gasteiger partial charge in [-0.15, -0.1) is 0 Å². The van der Waals surface area contributed by atoms with Crippen LogP contribution in [0.4, 0.5) is 4.39 Å². The maximum Gasteiger partial charge on any atom is 0.225 e. The standard InChI is InChI=1S/C17H22FN3O/c1-3-12(2)17(22)20-8-6-14(7-9-20)21-11-19-15-5-4-13(18)10-16(15)21/h4-5,10-12,14H,3,6-9H2,1-2H3. The molecule has 0 N–H and O–H groups in total.